The molecule has 0 aliphatic heterocycles. The molecule has 0 spiro atoms. The quantitative estimate of drug-likeness (QED) is 0.590. The Morgan fingerprint density at radius 3 is 2.41 bits per heavy atom. The highest BCUT2D eigenvalue weighted by molar-refractivity contribution is 5.83. The Balaban J connectivity index is 4.28. The maximum atomic E-state index is 11.4. The normalized spacial score (nSPS) is 12.6. The van der Waals surface area contributed by atoms with Crippen LogP contribution in [-0.2, 0) is 4.79 Å². The van der Waals surface area contributed by atoms with Crippen molar-refractivity contribution in [3.63, 3.8) is 0 Å². The average molecular weight is 236 g/mol. The van der Waals surface area contributed by atoms with Gasteiger partial charge in [0.15, 0.2) is 0 Å². The zero-order valence-electron chi connectivity index (χ0n) is 9.69. The van der Waals surface area contributed by atoms with Crippen LogP contribution in [0.15, 0.2) is 0 Å². The van der Waals surface area contributed by atoms with Gasteiger partial charge in [0.1, 0.15) is 6.04 Å². The number of urea groups is 1. The maximum Gasteiger partial charge on any atom is 0.327 e. The molecular weight excluding hydrogens is 220 g/mol. The summed E-state index contributed by atoms with van der Waals surface area (Å²) in [6.45, 7) is 1.93. The summed E-state index contributed by atoms with van der Waals surface area (Å²) in [4.78, 5) is 22.2. The molecule has 92 valence electrons. The smallest absolute Gasteiger partial charge is 0.327 e. The van der Waals surface area contributed by atoms with Crippen LogP contribution in [-0.4, -0.2) is 29.2 Å². The number of carbonyl (C=O) groups excluding carboxylic acids is 1. The molecule has 0 fully saturated rings. The topological polar surface area (TPSA) is 78.4 Å². The second-order valence-electron chi connectivity index (χ2n) is 3.42. The van der Waals surface area contributed by atoms with E-state index in [2.05, 4.69) is 22.5 Å². The first-order chi connectivity index (χ1) is 8.04. The standard InChI is InChI=1S/C12H16N2O3/c1-4-7-9(6-3)13-12(17)14-10(8-5-2)11(15)16/h2-3,9-10H,4,7-8H2,1H3,(H,15,16)(H2,13,14,17). The van der Waals surface area contributed by atoms with Crippen LogP contribution in [0.25, 0.3) is 0 Å². The third-order valence-corrected chi connectivity index (χ3v) is 2.01. The molecular formula is C12H16N2O3. The number of aliphatic carboxylic acids is 1. The van der Waals surface area contributed by atoms with Gasteiger partial charge in [-0.25, -0.2) is 9.59 Å². The second-order valence-corrected chi connectivity index (χ2v) is 3.42. The lowest BCUT2D eigenvalue weighted by atomic mass is 10.2. The van der Waals surface area contributed by atoms with Gasteiger partial charge >= 0.3 is 12.0 Å². The monoisotopic (exact) mass is 236 g/mol. The van der Waals surface area contributed by atoms with E-state index in [0.29, 0.717) is 6.42 Å². The Hall–Kier alpha value is -2.14. The molecule has 0 aromatic rings. The van der Waals surface area contributed by atoms with Crippen molar-refractivity contribution in [1.82, 2.24) is 10.6 Å². The molecule has 5 heteroatoms. The van der Waals surface area contributed by atoms with Gasteiger partial charge in [0, 0.05) is 6.42 Å². The van der Waals surface area contributed by atoms with Crippen LogP contribution < -0.4 is 10.6 Å². The number of carboxylic acids is 1. The molecule has 0 rings (SSSR count). The molecule has 0 saturated carbocycles. The zero-order valence-corrected chi connectivity index (χ0v) is 9.69. The number of amides is 2. The average Bonchev–Trinajstić information content (AvgIpc) is 2.27. The fourth-order valence-corrected chi connectivity index (χ4v) is 1.16. The van der Waals surface area contributed by atoms with Crippen molar-refractivity contribution < 1.29 is 14.7 Å². The Kier molecular flexibility index (Phi) is 7.05. The minimum Gasteiger partial charge on any atom is -0.480 e. The summed E-state index contributed by atoms with van der Waals surface area (Å²) in [5.74, 6) is 3.42. The highest BCUT2D eigenvalue weighted by Crippen LogP contribution is 1.96. The number of terminal acetylenes is 2. The third kappa shape index (κ3) is 6.11. The van der Waals surface area contributed by atoms with E-state index >= 15 is 0 Å². The Bertz CT molecular complexity index is 352. The van der Waals surface area contributed by atoms with Crippen molar-refractivity contribution in [1.29, 1.82) is 0 Å². The minimum atomic E-state index is -1.18. The van der Waals surface area contributed by atoms with E-state index in [0.717, 1.165) is 6.42 Å². The maximum absolute atomic E-state index is 11.4. The van der Waals surface area contributed by atoms with Crippen LogP contribution in [0.2, 0.25) is 0 Å². The fraction of sp³-hybridized carbons (Fsp3) is 0.500. The first-order valence-corrected chi connectivity index (χ1v) is 5.24. The number of rotatable bonds is 6. The summed E-state index contributed by atoms with van der Waals surface area (Å²) >= 11 is 0. The molecule has 0 aromatic carbocycles. The van der Waals surface area contributed by atoms with E-state index in [1.54, 1.807) is 0 Å². The van der Waals surface area contributed by atoms with E-state index in [9.17, 15) is 9.59 Å². The predicted octanol–water partition coefficient (Wildman–Crippen LogP) is 0.564. The van der Waals surface area contributed by atoms with Crippen LogP contribution in [0.3, 0.4) is 0 Å². The minimum absolute atomic E-state index is 0.0722. The van der Waals surface area contributed by atoms with Gasteiger partial charge in [-0.2, -0.15) is 0 Å². The molecule has 0 saturated heterocycles. The number of carbonyl (C=O) groups is 2. The van der Waals surface area contributed by atoms with Gasteiger partial charge in [0.05, 0.1) is 6.04 Å². The highest BCUT2D eigenvalue weighted by Gasteiger charge is 2.19. The van der Waals surface area contributed by atoms with Gasteiger partial charge in [-0.05, 0) is 6.42 Å². The lowest BCUT2D eigenvalue weighted by molar-refractivity contribution is -0.139. The molecule has 2 amide bonds. The number of carboxylic acid groups (broad SMARTS) is 1. The summed E-state index contributed by atoms with van der Waals surface area (Å²) in [6.07, 6.45) is 11.6. The van der Waals surface area contributed by atoms with Gasteiger partial charge in [-0.15, -0.1) is 18.8 Å². The molecule has 0 aliphatic rings. The molecule has 3 N–H and O–H groups in total. The SMILES string of the molecule is C#CCC(NC(=O)NC(C#C)CCC)C(=O)O. The number of hydrogen-bond acceptors (Lipinski definition) is 2. The van der Waals surface area contributed by atoms with Gasteiger partial charge in [0.2, 0.25) is 0 Å². The van der Waals surface area contributed by atoms with Crippen molar-refractivity contribution in [2.75, 3.05) is 0 Å². The third-order valence-electron chi connectivity index (χ3n) is 2.01. The largest absolute Gasteiger partial charge is 0.480 e. The van der Waals surface area contributed by atoms with Gasteiger partial charge < -0.3 is 15.7 Å². The second kappa shape index (κ2) is 8.06. The van der Waals surface area contributed by atoms with Crippen molar-refractivity contribution in [3.8, 4) is 24.7 Å². The number of hydrogen-bond donors (Lipinski definition) is 3. The van der Waals surface area contributed by atoms with E-state index in [1.807, 2.05) is 6.92 Å². The zero-order chi connectivity index (χ0) is 13.3. The van der Waals surface area contributed by atoms with Crippen molar-refractivity contribution in [2.24, 2.45) is 0 Å². The van der Waals surface area contributed by atoms with E-state index in [1.165, 1.54) is 0 Å². The van der Waals surface area contributed by atoms with Crippen LogP contribution in [0, 0.1) is 24.7 Å². The van der Waals surface area contributed by atoms with Crippen molar-refractivity contribution in [3.05, 3.63) is 0 Å². The van der Waals surface area contributed by atoms with Gasteiger partial charge in [0.25, 0.3) is 0 Å². The number of nitrogens with one attached hydrogen (secondary N) is 2. The van der Waals surface area contributed by atoms with Crippen LogP contribution in [0.4, 0.5) is 4.79 Å². The molecule has 0 aliphatic carbocycles. The van der Waals surface area contributed by atoms with E-state index < -0.39 is 24.1 Å². The molecule has 0 bridgehead atoms. The Morgan fingerprint density at radius 1 is 1.35 bits per heavy atom. The molecule has 0 heterocycles. The van der Waals surface area contributed by atoms with Crippen LogP contribution >= 0.6 is 0 Å². The predicted molar refractivity (Wildman–Crippen MR) is 64.1 cm³/mol. The molecule has 2 atom stereocenters. The van der Waals surface area contributed by atoms with Gasteiger partial charge in [-0.1, -0.05) is 19.3 Å². The Morgan fingerprint density at radius 2 is 2.00 bits per heavy atom. The van der Waals surface area contributed by atoms with Crippen molar-refractivity contribution in [2.45, 2.75) is 38.3 Å². The first kappa shape index (κ1) is 14.9. The first-order valence-electron chi connectivity index (χ1n) is 5.24. The summed E-state index contributed by atoms with van der Waals surface area (Å²) in [6, 6.07) is -2.12. The van der Waals surface area contributed by atoms with Crippen LogP contribution in [0.1, 0.15) is 26.2 Å². The molecule has 5 nitrogen and oxygen atoms in total. The van der Waals surface area contributed by atoms with E-state index in [4.69, 9.17) is 18.0 Å². The van der Waals surface area contributed by atoms with E-state index in [-0.39, 0.29) is 6.42 Å². The van der Waals surface area contributed by atoms with Crippen LogP contribution in [0.5, 0.6) is 0 Å². The molecule has 0 aromatic heterocycles. The van der Waals surface area contributed by atoms with Gasteiger partial charge in [-0.3, -0.25) is 0 Å². The molecule has 17 heavy (non-hydrogen) atoms. The fourth-order valence-electron chi connectivity index (χ4n) is 1.16. The summed E-state index contributed by atoms with van der Waals surface area (Å²) in [7, 11) is 0. The van der Waals surface area contributed by atoms with Crippen molar-refractivity contribution >= 4 is 12.0 Å². The highest BCUT2D eigenvalue weighted by atomic mass is 16.4. The lowest BCUT2D eigenvalue weighted by Gasteiger charge is -2.16. The molecule has 0 radical (unpaired) electrons. The Labute approximate surface area is 101 Å². The summed E-state index contributed by atoms with van der Waals surface area (Å²) in [5, 5.41) is 13.5. The summed E-state index contributed by atoms with van der Waals surface area (Å²) in [5.41, 5.74) is 0. The summed E-state index contributed by atoms with van der Waals surface area (Å²) < 4.78 is 0. The molecule has 2 unspecified atom stereocenters. The lowest BCUT2D eigenvalue weighted by Crippen LogP contribution is -2.48.